The molecule has 0 aliphatic carbocycles. The van der Waals surface area contributed by atoms with Gasteiger partial charge in [-0.15, -0.1) is 0 Å². The molecule has 0 saturated carbocycles. The first-order valence-electron chi connectivity index (χ1n) is 10.6. The number of benzene rings is 3. The third kappa shape index (κ3) is 8.19. The van der Waals surface area contributed by atoms with Crippen molar-refractivity contribution >= 4 is 36.1 Å². The molecule has 3 aromatic carbocycles. The first kappa shape index (κ1) is 28.5. The number of carbonyl (C=O) groups is 2. The number of aryl methyl sites for hydroxylation is 2. The molecular weight excluding hydrogens is 533 g/mol. The number of hydrogen-bond donors (Lipinski definition) is 5. The Kier molecular flexibility index (Phi) is 10.2. The zero-order valence-electron chi connectivity index (χ0n) is 20.0. The summed E-state index contributed by atoms with van der Waals surface area (Å²) in [5, 5.41) is 20.5. The summed E-state index contributed by atoms with van der Waals surface area (Å²) in [7, 11) is 3.26. The second-order valence-corrected chi connectivity index (χ2v) is 10.9. The van der Waals surface area contributed by atoms with E-state index in [1.807, 2.05) is 24.3 Å². The summed E-state index contributed by atoms with van der Waals surface area (Å²) in [6.45, 7) is 1.18. The molecule has 0 unspecified atom stereocenters. The standard InChI is InChI=1S/C17H18O4.C8H10AsNO5/c1-20-15-8-9-16(21-2)13(11-15)7-6-12-4-3-5-14(10-12)17(18)19;1-5(11)10-8-6(9(13,14)15)3-2-4-7(8)12/h3-5,8-11H,6-7H2,1-2H3,(H,18,19);2-4,12H,1H3,(H,10,11)(H2,13,14,15). The molecule has 3 rings (SSSR count). The number of ether oxygens (including phenoxy) is 2. The van der Waals surface area contributed by atoms with Gasteiger partial charge < -0.3 is 14.6 Å². The zero-order valence-corrected chi connectivity index (χ0v) is 21.8. The molecule has 0 fully saturated rings. The maximum atomic E-state index is 11.1. The molecule has 10 nitrogen and oxygen atoms in total. The summed E-state index contributed by atoms with van der Waals surface area (Å²) < 4.78 is 39.3. The average Bonchev–Trinajstić information content (AvgIpc) is 2.83. The maximum Gasteiger partial charge on any atom is 0.335 e. The first-order valence-corrected chi connectivity index (χ1v) is 14.0. The van der Waals surface area contributed by atoms with Gasteiger partial charge in [0.2, 0.25) is 0 Å². The molecule has 0 bridgehead atoms. The summed E-state index contributed by atoms with van der Waals surface area (Å²) in [5.41, 5.74) is 2.11. The van der Waals surface area contributed by atoms with Gasteiger partial charge in [0.05, 0.1) is 19.8 Å². The van der Waals surface area contributed by atoms with E-state index in [4.69, 9.17) is 22.8 Å². The minimum absolute atomic E-state index is 0.225. The molecule has 0 radical (unpaired) electrons. The third-order valence-electron chi connectivity index (χ3n) is 4.98. The van der Waals surface area contributed by atoms with Gasteiger partial charge in [0.15, 0.2) is 0 Å². The number of carboxylic acid groups (broad SMARTS) is 1. The van der Waals surface area contributed by atoms with Crippen molar-refractivity contribution in [3.63, 3.8) is 0 Å². The molecular formula is C25H28AsNO9. The largest absolute Gasteiger partial charge is 0.497 e. The van der Waals surface area contributed by atoms with E-state index in [-0.39, 0.29) is 15.8 Å². The fourth-order valence-electron chi connectivity index (χ4n) is 3.29. The molecule has 1 amide bonds. The Balaban J connectivity index is 0.000000269. The van der Waals surface area contributed by atoms with Crippen LogP contribution in [-0.2, 0) is 21.4 Å². The van der Waals surface area contributed by atoms with Gasteiger partial charge in [-0.05, 0) is 54.3 Å². The Morgan fingerprint density at radius 1 is 0.944 bits per heavy atom. The van der Waals surface area contributed by atoms with Crippen LogP contribution in [0.2, 0.25) is 0 Å². The van der Waals surface area contributed by atoms with Gasteiger partial charge >= 0.3 is 94.1 Å². The van der Waals surface area contributed by atoms with Crippen molar-refractivity contribution in [2.24, 2.45) is 0 Å². The monoisotopic (exact) mass is 561 g/mol. The summed E-state index contributed by atoms with van der Waals surface area (Å²) >= 11 is -5.14. The van der Waals surface area contributed by atoms with Crippen molar-refractivity contribution < 1.29 is 41.2 Å². The molecule has 11 heteroatoms. The molecule has 0 spiro atoms. The van der Waals surface area contributed by atoms with Crippen LogP contribution in [0.25, 0.3) is 0 Å². The van der Waals surface area contributed by atoms with Crippen LogP contribution >= 0.6 is 0 Å². The predicted molar refractivity (Wildman–Crippen MR) is 133 cm³/mol. The van der Waals surface area contributed by atoms with Gasteiger partial charge in [-0.1, -0.05) is 12.1 Å². The predicted octanol–water partition coefficient (Wildman–Crippen LogP) is 2.10. The van der Waals surface area contributed by atoms with E-state index < -0.39 is 26.0 Å². The number of aromatic hydroxyl groups is 1. The summed E-state index contributed by atoms with van der Waals surface area (Å²) in [5.74, 6) is -0.194. The number of carboxylic acids is 1. The fraction of sp³-hybridized carbons (Fsp3) is 0.200. The molecule has 3 aromatic rings. The molecule has 5 N–H and O–H groups in total. The Morgan fingerprint density at radius 3 is 2.22 bits per heavy atom. The van der Waals surface area contributed by atoms with Crippen LogP contribution < -0.4 is 19.1 Å². The second kappa shape index (κ2) is 12.8. The molecule has 0 aromatic heterocycles. The zero-order chi connectivity index (χ0) is 26.9. The van der Waals surface area contributed by atoms with Crippen LogP contribution in [0.1, 0.15) is 28.4 Å². The van der Waals surface area contributed by atoms with Crippen LogP contribution in [0, 0.1) is 0 Å². The van der Waals surface area contributed by atoms with E-state index in [0.717, 1.165) is 35.5 Å². The molecule has 0 atom stereocenters. The number of amides is 1. The Morgan fingerprint density at radius 2 is 1.64 bits per heavy atom. The number of hydrogen-bond acceptors (Lipinski definition) is 6. The Bertz CT molecular complexity index is 1270. The van der Waals surface area contributed by atoms with Gasteiger partial charge in [-0.25, -0.2) is 4.79 Å². The number of carbonyl (C=O) groups excluding carboxylic acids is 1. The van der Waals surface area contributed by atoms with E-state index in [2.05, 4.69) is 5.32 Å². The van der Waals surface area contributed by atoms with Crippen molar-refractivity contribution in [3.8, 4) is 17.2 Å². The van der Waals surface area contributed by atoms with Gasteiger partial charge in [-0.3, -0.25) is 0 Å². The molecule has 0 heterocycles. The maximum absolute atomic E-state index is 11.1. The van der Waals surface area contributed by atoms with Gasteiger partial charge in [-0.2, -0.15) is 0 Å². The summed E-state index contributed by atoms with van der Waals surface area (Å²) in [6, 6.07) is 16.4. The van der Waals surface area contributed by atoms with Crippen LogP contribution in [-0.4, -0.2) is 58.7 Å². The average molecular weight is 561 g/mol. The molecule has 0 saturated heterocycles. The number of phenols is 1. The normalized spacial score (nSPS) is 10.6. The molecule has 0 aliphatic heterocycles. The Hall–Kier alpha value is -3.72. The topological polar surface area (TPSA) is 163 Å². The minimum Gasteiger partial charge on any atom is -0.497 e. The van der Waals surface area contributed by atoms with E-state index in [0.29, 0.717) is 5.56 Å². The quantitative estimate of drug-likeness (QED) is 0.205. The third-order valence-corrected chi connectivity index (χ3v) is 7.08. The molecule has 36 heavy (non-hydrogen) atoms. The van der Waals surface area contributed by atoms with Crippen molar-refractivity contribution in [2.45, 2.75) is 19.8 Å². The SMILES string of the molecule is CC(=O)Nc1c(O)cccc1[As](=O)(O)O.COc1ccc(OC)c(CCc2cccc(C(=O)O)c2)c1. The number of rotatable bonds is 8. The first-order chi connectivity index (χ1) is 17.0. The van der Waals surface area contributed by atoms with Gasteiger partial charge in [0, 0.05) is 0 Å². The van der Waals surface area contributed by atoms with Gasteiger partial charge in [0.1, 0.15) is 11.5 Å². The smallest absolute Gasteiger partial charge is 0.335 e. The van der Waals surface area contributed by atoms with Crippen molar-refractivity contribution in [1.82, 2.24) is 0 Å². The Labute approximate surface area is 211 Å². The number of nitrogens with one attached hydrogen (secondary N) is 1. The number of anilines is 1. The van der Waals surface area contributed by atoms with E-state index in [1.54, 1.807) is 32.4 Å². The molecule has 192 valence electrons. The van der Waals surface area contributed by atoms with Gasteiger partial charge in [0.25, 0.3) is 0 Å². The second-order valence-electron chi connectivity index (χ2n) is 7.58. The van der Waals surface area contributed by atoms with E-state index in [9.17, 15) is 18.4 Å². The summed E-state index contributed by atoms with van der Waals surface area (Å²) in [6.07, 6.45) is 1.49. The van der Waals surface area contributed by atoms with Crippen LogP contribution in [0.5, 0.6) is 17.2 Å². The minimum atomic E-state index is -5.14. The van der Waals surface area contributed by atoms with Crippen LogP contribution in [0.4, 0.5) is 5.69 Å². The van der Waals surface area contributed by atoms with Crippen LogP contribution in [0.3, 0.4) is 0 Å². The number of phenolic OH excluding ortho intramolecular Hbond substituents is 1. The number of para-hydroxylation sites is 1. The number of aromatic carboxylic acids is 1. The van der Waals surface area contributed by atoms with Crippen LogP contribution in [0.15, 0.2) is 60.7 Å². The van der Waals surface area contributed by atoms with Crippen molar-refractivity contribution in [3.05, 3.63) is 77.4 Å². The number of methoxy groups -OCH3 is 2. The fourth-order valence-corrected chi connectivity index (χ4v) is 4.85. The summed E-state index contributed by atoms with van der Waals surface area (Å²) in [4.78, 5) is 21.8. The van der Waals surface area contributed by atoms with E-state index in [1.165, 1.54) is 25.1 Å². The van der Waals surface area contributed by atoms with Crippen molar-refractivity contribution in [2.75, 3.05) is 19.5 Å². The van der Waals surface area contributed by atoms with E-state index >= 15 is 0 Å². The molecule has 0 aliphatic rings. The van der Waals surface area contributed by atoms with Crippen molar-refractivity contribution in [1.29, 1.82) is 0 Å².